The summed E-state index contributed by atoms with van der Waals surface area (Å²) < 4.78 is 8.68. The highest BCUT2D eigenvalue weighted by atomic mass is 32.1. The maximum absolute atomic E-state index is 5.68. The molecule has 0 fully saturated rings. The quantitative estimate of drug-likeness (QED) is 0.751. The molecule has 110 valence electrons. The molecule has 0 amide bonds. The topological polar surface area (TPSA) is 29.9 Å². The van der Waals surface area contributed by atoms with Crippen LogP contribution in [0, 0.1) is 10.7 Å². The van der Waals surface area contributed by atoms with Gasteiger partial charge in [-0.2, -0.15) is 0 Å². The normalized spacial score (nSPS) is 14.4. The minimum Gasteiger partial charge on any atom is -0.492 e. The summed E-state index contributed by atoms with van der Waals surface area (Å²) in [5.74, 6) is 1.58. The van der Waals surface area contributed by atoms with E-state index in [0.717, 1.165) is 28.0 Å². The van der Waals surface area contributed by atoms with Crippen molar-refractivity contribution < 1.29 is 4.74 Å². The molecule has 0 saturated heterocycles. The van der Waals surface area contributed by atoms with Crippen molar-refractivity contribution >= 4 is 23.3 Å². The minimum atomic E-state index is 0.392. The van der Waals surface area contributed by atoms with E-state index in [4.69, 9.17) is 17.0 Å². The predicted molar refractivity (Wildman–Crippen MR) is 87.1 cm³/mol. The van der Waals surface area contributed by atoms with Crippen LogP contribution in [0.15, 0.2) is 18.2 Å². The van der Waals surface area contributed by atoms with Crippen LogP contribution in [0.25, 0.3) is 11.0 Å². The van der Waals surface area contributed by atoms with E-state index in [2.05, 4.69) is 36.4 Å². The van der Waals surface area contributed by atoms with Gasteiger partial charge in [-0.1, -0.05) is 26.3 Å². The molecule has 4 heteroatoms. The molecule has 1 N–H and O–H groups in total. The van der Waals surface area contributed by atoms with Crippen LogP contribution in [-0.2, 0) is 0 Å². The Kier molecular flexibility index (Phi) is 4.86. The van der Waals surface area contributed by atoms with Gasteiger partial charge >= 0.3 is 0 Å². The monoisotopic (exact) mass is 292 g/mol. The lowest BCUT2D eigenvalue weighted by molar-refractivity contribution is 0.343. The van der Waals surface area contributed by atoms with Gasteiger partial charge in [0.05, 0.1) is 12.1 Å². The highest BCUT2D eigenvalue weighted by molar-refractivity contribution is 7.71. The molecule has 0 spiro atoms. The number of nitrogens with zero attached hydrogens (tertiary/aromatic N) is 1. The average Bonchev–Trinajstić information content (AvgIpc) is 2.76. The van der Waals surface area contributed by atoms with Crippen LogP contribution in [0.4, 0.5) is 0 Å². The molecule has 0 aliphatic heterocycles. The second kappa shape index (κ2) is 6.44. The summed E-state index contributed by atoms with van der Waals surface area (Å²) >= 11 is 5.51. The number of benzene rings is 1. The first-order chi connectivity index (χ1) is 9.58. The van der Waals surface area contributed by atoms with Gasteiger partial charge in [-0.3, -0.25) is 0 Å². The second-order valence-corrected chi connectivity index (χ2v) is 5.87. The van der Waals surface area contributed by atoms with Gasteiger partial charge in [0.15, 0.2) is 4.77 Å². The van der Waals surface area contributed by atoms with E-state index in [-0.39, 0.29) is 0 Å². The zero-order valence-corrected chi connectivity index (χ0v) is 13.6. The summed E-state index contributed by atoms with van der Waals surface area (Å²) in [5.41, 5.74) is 2.15. The van der Waals surface area contributed by atoms with E-state index in [1.807, 2.05) is 19.1 Å². The molecule has 1 aromatic carbocycles. The molecule has 0 radical (unpaired) electrons. The standard InChI is InChI=1S/C16H24N2OS/c1-5-11(3)10-12(4)18-13-8-7-9-14(19-6-2)15(13)17-16(18)20/h7-9,11-12H,5-6,10H2,1-4H3,(H,17,20). The highest BCUT2D eigenvalue weighted by Gasteiger charge is 2.15. The van der Waals surface area contributed by atoms with Crippen LogP contribution in [-0.4, -0.2) is 16.2 Å². The Labute approximate surface area is 126 Å². The third-order valence-electron chi connectivity index (χ3n) is 3.90. The van der Waals surface area contributed by atoms with Gasteiger partial charge in [-0.05, 0) is 50.5 Å². The molecule has 0 bridgehead atoms. The van der Waals surface area contributed by atoms with Crippen LogP contribution >= 0.6 is 12.2 Å². The third-order valence-corrected chi connectivity index (χ3v) is 4.19. The molecule has 2 aromatic rings. The van der Waals surface area contributed by atoms with E-state index >= 15 is 0 Å². The first-order valence-corrected chi connectivity index (χ1v) is 7.85. The minimum absolute atomic E-state index is 0.392. The number of hydrogen-bond donors (Lipinski definition) is 1. The van der Waals surface area contributed by atoms with Crippen LogP contribution < -0.4 is 4.74 Å². The Morgan fingerprint density at radius 2 is 2.05 bits per heavy atom. The number of aromatic nitrogens is 2. The Bertz CT molecular complexity index is 629. The Morgan fingerprint density at radius 1 is 1.30 bits per heavy atom. The van der Waals surface area contributed by atoms with Crippen molar-refractivity contribution in [3.05, 3.63) is 23.0 Å². The molecule has 0 aliphatic carbocycles. The fraction of sp³-hybridized carbons (Fsp3) is 0.562. The largest absolute Gasteiger partial charge is 0.492 e. The fourth-order valence-electron chi connectivity index (χ4n) is 2.69. The summed E-state index contributed by atoms with van der Waals surface area (Å²) in [6.45, 7) is 9.42. The number of hydrogen-bond acceptors (Lipinski definition) is 2. The van der Waals surface area contributed by atoms with E-state index < -0.39 is 0 Å². The van der Waals surface area contributed by atoms with Crippen LogP contribution in [0.5, 0.6) is 5.75 Å². The maximum Gasteiger partial charge on any atom is 0.178 e. The molecule has 20 heavy (non-hydrogen) atoms. The molecule has 2 atom stereocenters. The molecule has 3 nitrogen and oxygen atoms in total. The van der Waals surface area contributed by atoms with Gasteiger partial charge < -0.3 is 14.3 Å². The van der Waals surface area contributed by atoms with E-state index in [9.17, 15) is 0 Å². The molecule has 0 saturated carbocycles. The first kappa shape index (κ1) is 15.1. The molecule has 0 aliphatic rings. The zero-order chi connectivity index (χ0) is 14.7. The lowest BCUT2D eigenvalue weighted by atomic mass is 10.0. The van der Waals surface area contributed by atoms with Crippen molar-refractivity contribution in [3.63, 3.8) is 0 Å². The van der Waals surface area contributed by atoms with Crippen LogP contribution in [0.3, 0.4) is 0 Å². The molecule has 2 unspecified atom stereocenters. The number of nitrogens with one attached hydrogen (secondary N) is 1. The third kappa shape index (κ3) is 2.90. The van der Waals surface area contributed by atoms with E-state index in [1.54, 1.807) is 0 Å². The number of fused-ring (bicyclic) bond motifs is 1. The van der Waals surface area contributed by atoms with Crippen molar-refractivity contribution in [2.24, 2.45) is 5.92 Å². The Hall–Kier alpha value is -1.29. The molecule has 2 rings (SSSR count). The number of imidazole rings is 1. The van der Waals surface area contributed by atoms with Crippen molar-refractivity contribution in [3.8, 4) is 5.75 Å². The summed E-state index contributed by atoms with van der Waals surface area (Å²) in [4.78, 5) is 3.31. The van der Waals surface area contributed by atoms with Crippen molar-refractivity contribution in [1.29, 1.82) is 0 Å². The smallest absolute Gasteiger partial charge is 0.178 e. The van der Waals surface area contributed by atoms with Gasteiger partial charge in [0.2, 0.25) is 0 Å². The van der Waals surface area contributed by atoms with Crippen LogP contribution in [0.2, 0.25) is 0 Å². The second-order valence-electron chi connectivity index (χ2n) is 5.48. The Balaban J connectivity index is 2.46. The van der Waals surface area contributed by atoms with E-state index in [1.165, 1.54) is 6.42 Å². The lowest BCUT2D eigenvalue weighted by Gasteiger charge is -2.18. The van der Waals surface area contributed by atoms with Gasteiger partial charge in [-0.15, -0.1) is 0 Å². The zero-order valence-electron chi connectivity index (χ0n) is 12.8. The van der Waals surface area contributed by atoms with Gasteiger partial charge in [0.1, 0.15) is 11.3 Å². The number of rotatable bonds is 6. The summed E-state index contributed by atoms with van der Waals surface area (Å²) in [6.07, 6.45) is 2.33. The van der Waals surface area contributed by atoms with Crippen molar-refractivity contribution in [2.45, 2.75) is 46.6 Å². The number of para-hydroxylation sites is 1. The van der Waals surface area contributed by atoms with Crippen molar-refractivity contribution in [2.75, 3.05) is 6.61 Å². The summed E-state index contributed by atoms with van der Waals surface area (Å²) in [5, 5.41) is 0. The Morgan fingerprint density at radius 3 is 2.70 bits per heavy atom. The van der Waals surface area contributed by atoms with Gasteiger partial charge in [0.25, 0.3) is 0 Å². The first-order valence-electron chi connectivity index (χ1n) is 7.44. The SMILES string of the molecule is CCOc1cccc2c1[nH]c(=S)n2C(C)CC(C)CC. The predicted octanol–water partition coefficient (Wildman–Crippen LogP) is 5.09. The maximum atomic E-state index is 5.68. The van der Waals surface area contributed by atoms with Crippen LogP contribution in [0.1, 0.15) is 46.6 Å². The molecular formula is C16H24N2OS. The number of ether oxygens (including phenoxy) is 1. The number of aromatic amines is 1. The molecule has 1 aromatic heterocycles. The average molecular weight is 292 g/mol. The van der Waals surface area contributed by atoms with Gasteiger partial charge in [0, 0.05) is 6.04 Å². The van der Waals surface area contributed by atoms with Gasteiger partial charge in [-0.25, -0.2) is 0 Å². The fourth-order valence-corrected chi connectivity index (χ4v) is 3.07. The molecule has 1 heterocycles. The van der Waals surface area contributed by atoms with E-state index in [0.29, 0.717) is 18.6 Å². The van der Waals surface area contributed by atoms with Crippen molar-refractivity contribution in [1.82, 2.24) is 9.55 Å². The summed E-state index contributed by atoms with van der Waals surface area (Å²) in [6, 6.07) is 6.52. The summed E-state index contributed by atoms with van der Waals surface area (Å²) in [7, 11) is 0. The number of H-pyrrole nitrogens is 1. The highest BCUT2D eigenvalue weighted by Crippen LogP contribution is 2.29. The molecular weight excluding hydrogens is 268 g/mol. The lowest BCUT2D eigenvalue weighted by Crippen LogP contribution is -2.09.